The summed E-state index contributed by atoms with van der Waals surface area (Å²) in [5.41, 5.74) is 0. The highest BCUT2D eigenvalue weighted by Crippen LogP contribution is 2.13. The molecule has 0 aliphatic rings. The van der Waals surface area contributed by atoms with Gasteiger partial charge in [0.15, 0.2) is 0 Å². The lowest BCUT2D eigenvalue weighted by Gasteiger charge is -2.16. The van der Waals surface area contributed by atoms with Gasteiger partial charge in [-0.15, -0.1) is 0 Å². The first-order valence-electron chi connectivity index (χ1n) is 11.5. The van der Waals surface area contributed by atoms with Crippen LogP contribution in [0.1, 0.15) is 129 Å². The number of hydrogen-bond acceptors (Lipinski definition) is 1. The molecule has 0 heterocycles. The molecule has 0 radical (unpaired) electrons. The van der Waals surface area contributed by atoms with Crippen molar-refractivity contribution in [2.75, 3.05) is 13.6 Å². The molecule has 0 atom stereocenters. The van der Waals surface area contributed by atoms with Gasteiger partial charge in [0.25, 0.3) is 0 Å². The van der Waals surface area contributed by atoms with Gasteiger partial charge >= 0.3 is 0 Å². The van der Waals surface area contributed by atoms with Crippen molar-refractivity contribution in [2.24, 2.45) is 0 Å². The van der Waals surface area contributed by atoms with Crippen molar-refractivity contribution < 1.29 is 4.79 Å². The molecule has 0 N–H and O–H groups in total. The lowest BCUT2D eigenvalue weighted by atomic mass is 10.0. The SMILES string of the molecule is CCCCCCCCCCCCCCCCCCN(C)C(=O)CCC. The predicted octanol–water partition coefficient (Wildman–Crippen LogP) is 7.51. The van der Waals surface area contributed by atoms with Crippen LogP contribution < -0.4 is 0 Å². The Balaban J connectivity index is 3.13. The molecule has 0 bridgehead atoms. The zero-order valence-corrected chi connectivity index (χ0v) is 17.8. The summed E-state index contributed by atoms with van der Waals surface area (Å²) >= 11 is 0. The van der Waals surface area contributed by atoms with Gasteiger partial charge in [-0.1, -0.05) is 110 Å². The second kappa shape index (κ2) is 19.8. The highest BCUT2D eigenvalue weighted by atomic mass is 16.2. The van der Waals surface area contributed by atoms with Crippen molar-refractivity contribution in [3.05, 3.63) is 0 Å². The molecule has 2 heteroatoms. The summed E-state index contributed by atoms with van der Waals surface area (Å²) in [6, 6.07) is 0. The Kier molecular flexibility index (Phi) is 19.4. The number of unbranched alkanes of at least 4 members (excludes halogenated alkanes) is 15. The Morgan fingerprint density at radius 3 is 1.28 bits per heavy atom. The topological polar surface area (TPSA) is 20.3 Å². The van der Waals surface area contributed by atoms with Gasteiger partial charge in [-0.2, -0.15) is 0 Å². The lowest BCUT2D eigenvalue weighted by molar-refractivity contribution is -0.130. The molecule has 0 aliphatic heterocycles. The molecule has 0 saturated carbocycles. The maximum atomic E-state index is 11.7. The number of hydrogen-bond donors (Lipinski definition) is 0. The maximum absolute atomic E-state index is 11.7. The molecule has 25 heavy (non-hydrogen) atoms. The van der Waals surface area contributed by atoms with Crippen LogP contribution in [0.3, 0.4) is 0 Å². The third-order valence-electron chi connectivity index (χ3n) is 5.24. The molecule has 0 aliphatic carbocycles. The minimum absolute atomic E-state index is 0.309. The average molecular weight is 354 g/mol. The van der Waals surface area contributed by atoms with Crippen molar-refractivity contribution in [2.45, 2.75) is 129 Å². The zero-order chi connectivity index (χ0) is 18.6. The summed E-state index contributed by atoms with van der Waals surface area (Å²) in [6.07, 6.45) is 24.0. The van der Waals surface area contributed by atoms with Crippen molar-refractivity contribution in [3.63, 3.8) is 0 Å². The van der Waals surface area contributed by atoms with E-state index in [4.69, 9.17) is 0 Å². The third kappa shape index (κ3) is 18.1. The second-order valence-corrected chi connectivity index (χ2v) is 7.87. The monoisotopic (exact) mass is 353 g/mol. The maximum Gasteiger partial charge on any atom is 0.222 e. The van der Waals surface area contributed by atoms with E-state index in [2.05, 4.69) is 13.8 Å². The Morgan fingerprint density at radius 2 is 0.920 bits per heavy atom. The highest BCUT2D eigenvalue weighted by Gasteiger charge is 2.05. The van der Waals surface area contributed by atoms with Crippen LogP contribution >= 0.6 is 0 Å². The van der Waals surface area contributed by atoms with E-state index >= 15 is 0 Å². The molecule has 0 unspecified atom stereocenters. The van der Waals surface area contributed by atoms with E-state index in [-0.39, 0.29) is 0 Å². The third-order valence-corrected chi connectivity index (χ3v) is 5.24. The molecule has 0 spiro atoms. The predicted molar refractivity (Wildman–Crippen MR) is 112 cm³/mol. The van der Waals surface area contributed by atoms with Gasteiger partial charge < -0.3 is 4.90 Å². The fourth-order valence-electron chi connectivity index (χ4n) is 3.43. The summed E-state index contributed by atoms with van der Waals surface area (Å²) in [5.74, 6) is 0.309. The first-order chi connectivity index (χ1) is 12.2. The van der Waals surface area contributed by atoms with E-state index in [0.29, 0.717) is 12.3 Å². The molecular formula is C23H47NO. The van der Waals surface area contributed by atoms with Crippen molar-refractivity contribution >= 4 is 5.91 Å². The van der Waals surface area contributed by atoms with Crippen molar-refractivity contribution in [1.82, 2.24) is 4.90 Å². The van der Waals surface area contributed by atoms with Gasteiger partial charge in [-0.3, -0.25) is 4.79 Å². The Morgan fingerprint density at radius 1 is 0.560 bits per heavy atom. The largest absolute Gasteiger partial charge is 0.346 e. The standard InChI is InChI=1S/C23H47NO/c1-4-6-7-8-9-10-11-12-13-14-15-16-17-18-19-20-22-24(3)23(25)21-5-2/h4-22H2,1-3H3. The highest BCUT2D eigenvalue weighted by molar-refractivity contribution is 5.75. The van der Waals surface area contributed by atoms with Crippen LogP contribution in [-0.2, 0) is 4.79 Å². The molecule has 0 aromatic rings. The molecule has 0 aromatic carbocycles. The van der Waals surface area contributed by atoms with E-state index < -0.39 is 0 Å². The van der Waals surface area contributed by atoms with Crippen LogP contribution in [0.2, 0.25) is 0 Å². The number of carbonyl (C=O) groups is 1. The summed E-state index contributed by atoms with van der Waals surface area (Å²) in [4.78, 5) is 13.6. The van der Waals surface area contributed by atoms with E-state index in [1.165, 1.54) is 103 Å². The van der Waals surface area contributed by atoms with Gasteiger partial charge in [0.2, 0.25) is 5.91 Å². The van der Waals surface area contributed by atoms with Crippen LogP contribution in [0.4, 0.5) is 0 Å². The van der Waals surface area contributed by atoms with Crippen molar-refractivity contribution in [1.29, 1.82) is 0 Å². The average Bonchev–Trinajstić information content (AvgIpc) is 2.61. The fourth-order valence-corrected chi connectivity index (χ4v) is 3.43. The number of nitrogens with zero attached hydrogens (tertiary/aromatic N) is 1. The second-order valence-electron chi connectivity index (χ2n) is 7.87. The van der Waals surface area contributed by atoms with Gasteiger partial charge in [0.05, 0.1) is 0 Å². The van der Waals surface area contributed by atoms with E-state index in [0.717, 1.165) is 13.0 Å². The molecular weight excluding hydrogens is 306 g/mol. The Hall–Kier alpha value is -0.530. The molecule has 150 valence electrons. The smallest absolute Gasteiger partial charge is 0.222 e. The molecule has 0 aromatic heterocycles. The Bertz CT molecular complexity index is 277. The normalized spacial score (nSPS) is 11.0. The van der Waals surface area contributed by atoms with Gasteiger partial charge in [-0.05, 0) is 12.8 Å². The van der Waals surface area contributed by atoms with Crippen LogP contribution in [-0.4, -0.2) is 24.4 Å². The quantitative estimate of drug-likeness (QED) is 0.220. The van der Waals surface area contributed by atoms with Gasteiger partial charge in [0.1, 0.15) is 0 Å². The van der Waals surface area contributed by atoms with Crippen LogP contribution in [0, 0.1) is 0 Å². The van der Waals surface area contributed by atoms with Crippen LogP contribution in [0.5, 0.6) is 0 Å². The fraction of sp³-hybridized carbons (Fsp3) is 0.957. The van der Waals surface area contributed by atoms with Crippen LogP contribution in [0.15, 0.2) is 0 Å². The molecule has 0 fully saturated rings. The zero-order valence-electron chi connectivity index (χ0n) is 17.8. The van der Waals surface area contributed by atoms with E-state index in [1.807, 2.05) is 11.9 Å². The minimum Gasteiger partial charge on any atom is -0.346 e. The molecule has 0 saturated heterocycles. The first kappa shape index (κ1) is 24.5. The molecule has 0 rings (SSSR count). The number of amides is 1. The summed E-state index contributed by atoms with van der Waals surface area (Å²) in [6.45, 7) is 5.30. The number of carbonyl (C=O) groups excluding carboxylic acids is 1. The summed E-state index contributed by atoms with van der Waals surface area (Å²) < 4.78 is 0. The summed E-state index contributed by atoms with van der Waals surface area (Å²) in [5, 5.41) is 0. The van der Waals surface area contributed by atoms with E-state index in [9.17, 15) is 4.79 Å². The van der Waals surface area contributed by atoms with Crippen molar-refractivity contribution in [3.8, 4) is 0 Å². The first-order valence-corrected chi connectivity index (χ1v) is 11.5. The van der Waals surface area contributed by atoms with Crippen LogP contribution in [0.25, 0.3) is 0 Å². The molecule has 1 amide bonds. The summed E-state index contributed by atoms with van der Waals surface area (Å²) in [7, 11) is 1.95. The number of rotatable bonds is 19. The van der Waals surface area contributed by atoms with E-state index in [1.54, 1.807) is 0 Å². The van der Waals surface area contributed by atoms with Gasteiger partial charge in [0, 0.05) is 20.0 Å². The minimum atomic E-state index is 0.309. The Labute approximate surface area is 159 Å². The van der Waals surface area contributed by atoms with Gasteiger partial charge in [-0.25, -0.2) is 0 Å². The lowest BCUT2D eigenvalue weighted by Crippen LogP contribution is -2.27. The molecule has 2 nitrogen and oxygen atoms in total.